The van der Waals surface area contributed by atoms with Crippen LogP contribution in [0.2, 0.25) is 0 Å². The van der Waals surface area contributed by atoms with E-state index in [-0.39, 0.29) is 5.92 Å². The first-order chi connectivity index (χ1) is 13.8. The van der Waals surface area contributed by atoms with Crippen molar-refractivity contribution in [1.29, 1.82) is 0 Å². The third kappa shape index (κ3) is 2.74. The van der Waals surface area contributed by atoms with E-state index >= 15 is 0 Å². The molecule has 2 aromatic heterocycles. The van der Waals surface area contributed by atoms with Crippen molar-refractivity contribution in [2.45, 2.75) is 12.8 Å². The van der Waals surface area contributed by atoms with Crippen LogP contribution in [0.3, 0.4) is 0 Å². The minimum atomic E-state index is 0.198. The fourth-order valence-corrected chi connectivity index (χ4v) is 4.20. The number of fused-ring (bicyclic) bond motifs is 1. The smallest absolute Gasteiger partial charge is 0.0927 e. The number of benzene rings is 2. The summed E-state index contributed by atoms with van der Waals surface area (Å²) in [6.07, 6.45) is 6.01. The number of allylic oxidation sites excluding steroid dienone is 1. The van der Waals surface area contributed by atoms with Gasteiger partial charge in [0.1, 0.15) is 0 Å². The quantitative estimate of drug-likeness (QED) is 0.425. The maximum atomic E-state index is 4.69. The minimum Gasteiger partial charge on any atom is -0.255 e. The van der Waals surface area contributed by atoms with Gasteiger partial charge in [0.15, 0.2) is 0 Å². The average molecular weight is 360 g/mol. The fraction of sp³-hybridized carbons (Fsp3) is 0.0769. The molecule has 0 radical (unpaired) electrons. The van der Waals surface area contributed by atoms with Crippen molar-refractivity contribution < 1.29 is 0 Å². The van der Waals surface area contributed by atoms with E-state index in [1.165, 1.54) is 33.4 Å². The highest BCUT2D eigenvalue weighted by atomic mass is 14.8. The maximum absolute atomic E-state index is 4.69. The molecule has 28 heavy (non-hydrogen) atoms. The Labute approximate surface area is 165 Å². The summed E-state index contributed by atoms with van der Waals surface area (Å²) >= 11 is 0. The molecule has 0 aliphatic heterocycles. The summed E-state index contributed by atoms with van der Waals surface area (Å²) in [5.41, 5.74) is 9.60. The van der Waals surface area contributed by atoms with E-state index in [0.29, 0.717) is 0 Å². The summed E-state index contributed by atoms with van der Waals surface area (Å²) in [6, 6.07) is 27.4. The van der Waals surface area contributed by atoms with E-state index in [9.17, 15) is 0 Å². The van der Waals surface area contributed by atoms with Crippen LogP contribution in [-0.2, 0) is 0 Å². The number of hydrogen-bond acceptors (Lipinski definition) is 2. The van der Waals surface area contributed by atoms with Gasteiger partial charge in [0.05, 0.1) is 11.4 Å². The first kappa shape index (κ1) is 16.6. The highest BCUT2D eigenvalue weighted by Crippen LogP contribution is 2.46. The van der Waals surface area contributed by atoms with Crippen LogP contribution in [-0.4, -0.2) is 9.97 Å². The Hall–Kier alpha value is -3.52. The summed E-state index contributed by atoms with van der Waals surface area (Å²) in [6.45, 7) is 2.22. The first-order valence-electron chi connectivity index (χ1n) is 9.56. The number of hydrogen-bond donors (Lipinski definition) is 0. The van der Waals surface area contributed by atoms with Gasteiger partial charge < -0.3 is 0 Å². The molecule has 1 aliphatic rings. The molecule has 0 saturated heterocycles. The van der Waals surface area contributed by atoms with E-state index in [0.717, 1.165) is 11.4 Å². The number of pyridine rings is 2. The Morgan fingerprint density at radius 2 is 1.46 bits per heavy atom. The topological polar surface area (TPSA) is 25.8 Å². The van der Waals surface area contributed by atoms with Crippen LogP contribution in [0.5, 0.6) is 0 Å². The first-order valence-corrected chi connectivity index (χ1v) is 9.56. The van der Waals surface area contributed by atoms with Gasteiger partial charge in [0.25, 0.3) is 0 Å². The predicted octanol–water partition coefficient (Wildman–Crippen LogP) is 6.36. The van der Waals surface area contributed by atoms with Crippen LogP contribution >= 0.6 is 0 Å². The molecule has 5 rings (SSSR count). The van der Waals surface area contributed by atoms with Gasteiger partial charge in [-0.3, -0.25) is 9.97 Å². The molecule has 0 fully saturated rings. The molecule has 0 bridgehead atoms. The lowest BCUT2D eigenvalue weighted by atomic mass is 9.86. The van der Waals surface area contributed by atoms with Gasteiger partial charge in [-0.1, -0.05) is 72.3 Å². The number of rotatable bonds is 3. The second-order valence-corrected chi connectivity index (χ2v) is 7.15. The lowest BCUT2D eigenvalue weighted by molar-refractivity contribution is 0.964. The Kier molecular flexibility index (Phi) is 4.10. The molecule has 1 unspecified atom stereocenters. The highest BCUT2D eigenvalue weighted by Gasteiger charge is 2.28. The Bertz CT molecular complexity index is 1160. The maximum Gasteiger partial charge on any atom is 0.0927 e. The van der Waals surface area contributed by atoms with Crippen LogP contribution in [0, 0.1) is 0 Å². The molecule has 0 spiro atoms. The van der Waals surface area contributed by atoms with E-state index in [1.54, 1.807) is 0 Å². The van der Waals surface area contributed by atoms with Crippen LogP contribution in [0.25, 0.3) is 28.6 Å². The molecule has 0 N–H and O–H groups in total. The zero-order chi connectivity index (χ0) is 18.9. The molecule has 2 heteroatoms. The summed E-state index contributed by atoms with van der Waals surface area (Å²) in [7, 11) is 0. The van der Waals surface area contributed by atoms with Gasteiger partial charge in [-0.05, 0) is 52.9 Å². The molecule has 1 aliphatic carbocycles. The molecule has 0 saturated carbocycles. The van der Waals surface area contributed by atoms with Crippen molar-refractivity contribution in [2.24, 2.45) is 0 Å². The van der Waals surface area contributed by atoms with Crippen molar-refractivity contribution in [3.63, 3.8) is 0 Å². The standard InChI is InChI=1S/C26H20N2/c1-18-17-23-20(19-9-3-2-4-10-19)11-7-12-21(23)25(18)22-13-8-16-28-26(22)24-14-5-6-15-27-24/h2-17,25H,1H3. The normalized spacial score (nSPS) is 15.2. The number of nitrogens with zero attached hydrogens (tertiary/aromatic N) is 2. The molecular weight excluding hydrogens is 340 g/mol. The second kappa shape index (κ2) is 6.90. The van der Waals surface area contributed by atoms with Gasteiger partial charge in [0, 0.05) is 18.3 Å². The van der Waals surface area contributed by atoms with E-state index in [1.807, 2.05) is 36.7 Å². The highest BCUT2D eigenvalue weighted by molar-refractivity contribution is 5.83. The van der Waals surface area contributed by atoms with Crippen molar-refractivity contribution in [1.82, 2.24) is 9.97 Å². The molecular formula is C26H20N2. The van der Waals surface area contributed by atoms with Gasteiger partial charge in [-0.25, -0.2) is 0 Å². The lowest BCUT2D eigenvalue weighted by Gasteiger charge is -2.19. The molecule has 0 amide bonds. The average Bonchev–Trinajstić information content (AvgIpc) is 3.10. The fourth-order valence-electron chi connectivity index (χ4n) is 4.20. The Morgan fingerprint density at radius 3 is 2.29 bits per heavy atom. The monoisotopic (exact) mass is 360 g/mol. The molecule has 134 valence electrons. The van der Waals surface area contributed by atoms with Crippen molar-refractivity contribution in [2.75, 3.05) is 0 Å². The summed E-state index contributed by atoms with van der Waals surface area (Å²) in [5.74, 6) is 0.198. The zero-order valence-electron chi connectivity index (χ0n) is 15.7. The third-order valence-electron chi connectivity index (χ3n) is 5.42. The number of aromatic nitrogens is 2. The largest absolute Gasteiger partial charge is 0.255 e. The van der Waals surface area contributed by atoms with Gasteiger partial charge >= 0.3 is 0 Å². The Morgan fingerprint density at radius 1 is 0.679 bits per heavy atom. The molecule has 1 atom stereocenters. The van der Waals surface area contributed by atoms with Gasteiger partial charge in [0.2, 0.25) is 0 Å². The van der Waals surface area contributed by atoms with Crippen molar-refractivity contribution in [3.8, 4) is 22.5 Å². The zero-order valence-corrected chi connectivity index (χ0v) is 15.7. The summed E-state index contributed by atoms with van der Waals surface area (Å²) < 4.78 is 0. The summed E-state index contributed by atoms with van der Waals surface area (Å²) in [5, 5.41) is 0. The summed E-state index contributed by atoms with van der Waals surface area (Å²) in [4.78, 5) is 9.24. The molecule has 2 heterocycles. The molecule has 2 nitrogen and oxygen atoms in total. The SMILES string of the molecule is CC1=Cc2c(-c3ccccc3)cccc2C1c1cccnc1-c1ccccn1. The molecule has 4 aromatic rings. The van der Waals surface area contributed by atoms with E-state index < -0.39 is 0 Å². The van der Waals surface area contributed by atoms with E-state index in [2.05, 4.69) is 72.6 Å². The Balaban J connectivity index is 1.68. The van der Waals surface area contributed by atoms with Gasteiger partial charge in [-0.2, -0.15) is 0 Å². The minimum absolute atomic E-state index is 0.198. The third-order valence-corrected chi connectivity index (χ3v) is 5.42. The predicted molar refractivity (Wildman–Crippen MR) is 115 cm³/mol. The van der Waals surface area contributed by atoms with Crippen LogP contribution in [0.15, 0.2) is 96.8 Å². The van der Waals surface area contributed by atoms with Crippen molar-refractivity contribution in [3.05, 3.63) is 114 Å². The lowest BCUT2D eigenvalue weighted by Crippen LogP contribution is -2.04. The van der Waals surface area contributed by atoms with Crippen LogP contribution in [0.4, 0.5) is 0 Å². The van der Waals surface area contributed by atoms with Crippen LogP contribution < -0.4 is 0 Å². The van der Waals surface area contributed by atoms with E-state index in [4.69, 9.17) is 4.98 Å². The second-order valence-electron chi connectivity index (χ2n) is 7.15. The van der Waals surface area contributed by atoms with Crippen molar-refractivity contribution >= 4 is 6.08 Å². The molecule has 2 aromatic carbocycles. The van der Waals surface area contributed by atoms with Crippen LogP contribution in [0.1, 0.15) is 29.5 Å². The van der Waals surface area contributed by atoms with Gasteiger partial charge in [-0.15, -0.1) is 0 Å².